The van der Waals surface area contributed by atoms with Crippen LogP contribution in [0.4, 0.5) is 0 Å². The molecule has 86 valence electrons. The fourth-order valence-corrected chi connectivity index (χ4v) is 1.90. The van der Waals surface area contributed by atoms with Crippen LogP contribution in [0.3, 0.4) is 0 Å². The zero-order chi connectivity index (χ0) is 11.4. The molecule has 2 atom stereocenters. The zero-order valence-electron chi connectivity index (χ0n) is 10.8. The molecule has 0 spiro atoms. The van der Waals surface area contributed by atoms with Gasteiger partial charge in [-0.1, -0.05) is 27.2 Å². The molecule has 2 heteroatoms. The minimum atomic E-state index is 0.134. The third-order valence-electron chi connectivity index (χ3n) is 3.83. The maximum Gasteiger partial charge on any atom is 0.0326 e. The molecule has 14 heavy (non-hydrogen) atoms. The number of nitrogens with two attached hydrogens (primary N) is 1. The first kappa shape index (κ1) is 13.9. The topological polar surface area (TPSA) is 29.3 Å². The van der Waals surface area contributed by atoms with E-state index in [0.29, 0.717) is 12.0 Å². The van der Waals surface area contributed by atoms with Crippen LogP contribution in [0.5, 0.6) is 0 Å². The van der Waals surface area contributed by atoms with E-state index in [4.69, 9.17) is 5.73 Å². The molecular formula is C12H28N2. The van der Waals surface area contributed by atoms with Crippen molar-refractivity contribution in [1.29, 1.82) is 0 Å². The fourth-order valence-electron chi connectivity index (χ4n) is 1.90. The molecule has 0 bridgehead atoms. The Labute approximate surface area is 89.9 Å². The van der Waals surface area contributed by atoms with Gasteiger partial charge in [0.2, 0.25) is 0 Å². The van der Waals surface area contributed by atoms with E-state index in [0.717, 1.165) is 6.54 Å². The van der Waals surface area contributed by atoms with Gasteiger partial charge in [-0.25, -0.2) is 0 Å². The summed E-state index contributed by atoms with van der Waals surface area (Å²) in [5, 5.41) is 0. The third-order valence-corrected chi connectivity index (χ3v) is 3.83. The second-order valence-electron chi connectivity index (χ2n) is 4.96. The van der Waals surface area contributed by atoms with Gasteiger partial charge in [0.1, 0.15) is 0 Å². The van der Waals surface area contributed by atoms with Crippen LogP contribution in [-0.4, -0.2) is 30.1 Å². The van der Waals surface area contributed by atoms with Gasteiger partial charge in [-0.3, -0.25) is 4.90 Å². The highest BCUT2D eigenvalue weighted by Gasteiger charge is 2.33. The van der Waals surface area contributed by atoms with Crippen molar-refractivity contribution in [1.82, 2.24) is 4.90 Å². The lowest BCUT2D eigenvalue weighted by molar-refractivity contribution is 0.0556. The van der Waals surface area contributed by atoms with Crippen molar-refractivity contribution in [2.24, 2.45) is 11.7 Å². The Hall–Kier alpha value is -0.0800. The Bertz CT molecular complexity index is 156. The van der Waals surface area contributed by atoms with Crippen LogP contribution in [0.1, 0.15) is 47.5 Å². The van der Waals surface area contributed by atoms with E-state index in [9.17, 15) is 0 Å². The summed E-state index contributed by atoms with van der Waals surface area (Å²) in [6.45, 7) is 12.0. The molecule has 0 radical (unpaired) electrons. The normalized spacial score (nSPS) is 18.6. The summed E-state index contributed by atoms with van der Waals surface area (Å²) in [7, 11) is 2.20. The highest BCUT2D eigenvalue weighted by molar-refractivity contribution is 4.90. The standard InChI is InChI=1S/C12H28N2/c1-7-8-11(4)14(6)12(5,9-13)10(2)3/h10-11H,7-9,13H2,1-6H3. The molecular weight excluding hydrogens is 172 g/mol. The highest BCUT2D eigenvalue weighted by atomic mass is 15.2. The van der Waals surface area contributed by atoms with E-state index in [1.54, 1.807) is 0 Å². The Morgan fingerprint density at radius 2 is 1.79 bits per heavy atom. The van der Waals surface area contributed by atoms with Crippen LogP contribution in [0.15, 0.2) is 0 Å². The molecule has 0 aromatic heterocycles. The Balaban J connectivity index is 4.51. The van der Waals surface area contributed by atoms with Gasteiger partial charge in [0.05, 0.1) is 0 Å². The van der Waals surface area contributed by atoms with Gasteiger partial charge in [-0.15, -0.1) is 0 Å². The molecule has 2 nitrogen and oxygen atoms in total. The van der Waals surface area contributed by atoms with E-state index in [1.165, 1.54) is 12.8 Å². The lowest BCUT2D eigenvalue weighted by atomic mass is 9.85. The molecule has 0 aliphatic heterocycles. The minimum absolute atomic E-state index is 0.134. The Morgan fingerprint density at radius 3 is 2.07 bits per heavy atom. The van der Waals surface area contributed by atoms with Crippen molar-refractivity contribution in [2.45, 2.75) is 59.0 Å². The van der Waals surface area contributed by atoms with Crippen LogP contribution in [0.2, 0.25) is 0 Å². The molecule has 0 saturated carbocycles. The summed E-state index contributed by atoms with van der Waals surface area (Å²) < 4.78 is 0. The molecule has 0 rings (SSSR count). The molecule has 0 aromatic rings. The van der Waals surface area contributed by atoms with Gasteiger partial charge in [-0.05, 0) is 33.2 Å². The van der Waals surface area contributed by atoms with Crippen molar-refractivity contribution in [3.8, 4) is 0 Å². The van der Waals surface area contributed by atoms with Crippen molar-refractivity contribution in [3.63, 3.8) is 0 Å². The molecule has 0 heterocycles. The van der Waals surface area contributed by atoms with Gasteiger partial charge in [0.15, 0.2) is 0 Å². The van der Waals surface area contributed by atoms with Gasteiger partial charge in [-0.2, -0.15) is 0 Å². The van der Waals surface area contributed by atoms with E-state index in [2.05, 4.69) is 46.6 Å². The number of rotatable bonds is 6. The largest absolute Gasteiger partial charge is 0.329 e. The predicted molar refractivity (Wildman–Crippen MR) is 64.4 cm³/mol. The van der Waals surface area contributed by atoms with Crippen LogP contribution >= 0.6 is 0 Å². The first-order valence-corrected chi connectivity index (χ1v) is 5.83. The van der Waals surface area contributed by atoms with Crippen LogP contribution < -0.4 is 5.73 Å². The average Bonchev–Trinajstić information content (AvgIpc) is 2.15. The fraction of sp³-hybridized carbons (Fsp3) is 1.00. The van der Waals surface area contributed by atoms with Crippen molar-refractivity contribution in [3.05, 3.63) is 0 Å². The summed E-state index contributed by atoms with van der Waals surface area (Å²) in [6, 6.07) is 0.621. The van der Waals surface area contributed by atoms with Crippen molar-refractivity contribution >= 4 is 0 Å². The predicted octanol–water partition coefficient (Wildman–Crippen LogP) is 2.48. The summed E-state index contributed by atoms with van der Waals surface area (Å²) in [5.74, 6) is 0.594. The number of likely N-dealkylation sites (N-methyl/N-ethyl adjacent to an activating group) is 1. The molecule has 0 aliphatic carbocycles. The first-order chi connectivity index (χ1) is 6.40. The van der Waals surface area contributed by atoms with Gasteiger partial charge in [0.25, 0.3) is 0 Å². The molecule has 0 amide bonds. The van der Waals surface area contributed by atoms with Crippen LogP contribution in [0, 0.1) is 5.92 Å². The second kappa shape index (κ2) is 5.72. The van der Waals surface area contributed by atoms with E-state index in [1.807, 2.05) is 0 Å². The summed E-state index contributed by atoms with van der Waals surface area (Å²) in [6.07, 6.45) is 2.49. The molecule has 2 unspecified atom stereocenters. The second-order valence-corrected chi connectivity index (χ2v) is 4.96. The smallest absolute Gasteiger partial charge is 0.0326 e. The van der Waals surface area contributed by atoms with Gasteiger partial charge < -0.3 is 5.73 Å². The molecule has 0 saturated heterocycles. The van der Waals surface area contributed by atoms with Gasteiger partial charge >= 0.3 is 0 Å². The SMILES string of the molecule is CCCC(C)N(C)C(C)(CN)C(C)C. The lowest BCUT2D eigenvalue weighted by Gasteiger charge is -2.45. The quantitative estimate of drug-likeness (QED) is 0.714. The van der Waals surface area contributed by atoms with E-state index < -0.39 is 0 Å². The highest BCUT2D eigenvalue weighted by Crippen LogP contribution is 2.25. The van der Waals surface area contributed by atoms with E-state index in [-0.39, 0.29) is 5.54 Å². The van der Waals surface area contributed by atoms with Crippen molar-refractivity contribution < 1.29 is 0 Å². The monoisotopic (exact) mass is 200 g/mol. The maximum absolute atomic E-state index is 5.90. The average molecular weight is 200 g/mol. The minimum Gasteiger partial charge on any atom is -0.329 e. The number of nitrogens with zero attached hydrogens (tertiary/aromatic N) is 1. The number of hydrogen-bond donors (Lipinski definition) is 1. The zero-order valence-corrected chi connectivity index (χ0v) is 10.8. The molecule has 0 fully saturated rings. The molecule has 2 N–H and O–H groups in total. The summed E-state index contributed by atoms with van der Waals surface area (Å²) in [4.78, 5) is 2.45. The Kier molecular flexibility index (Phi) is 5.68. The summed E-state index contributed by atoms with van der Waals surface area (Å²) in [5.41, 5.74) is 6.03. The van der Waals surface area contributed by atoms with Gasteiger partial charge in [0, 0.05) is 18.1 Å². The van der Waals surface area contributed by atoms with E-state index >= 15 is 0 Å². The molecule has 0 aromatic carbocycles. The van der Waals surface area contributed by atoms with Crippen LogP contribution in [-0.2, 0) is 0 Å². The maximum atomic E-state index is 5.90. The first-order valence-electron chi connectivity index (χ1n) is 5.83. The number of hydrogen-bond acceptors (Lipinski definition) is 2. The third kappa shape index (κ3) is 2.96. The van der Waals surface area contributed by atoms with Crippen molar-refractivity contribution in [2.75, 3.05) is 13.6 Å². The lowest BCUT2D eigenvalue weighted by Crippen LogP contribution is -2.56. The Morgan fingerprint density at radius 1 is 1.29 bits per heavy atom. The summed E-state index contributed by atoms with van der Waals surface area (Å²) >= 11 is 0. The van der Waals surface area contributed by atoms with Crippen LogP contribution in [0.25, 0.3) is 0 Å². The molecule has 0 aliphatic rings.